The van der Waals surface area contributed by atoms with Crippen LogP contribution in [0.25, 0.3) is 11.1 Å². The summed E-state index contributed by atoms with van der Waals surface area (Å²) in [7, 11) is 1.58. The first-order chi connectivity index (χ1) is 15.9. The van der Waals surface area contributed by atoms with Crippen LogP contribution in [0.15, 0.2) is 53.2 Å². The van der Waals surface area contributed by atoms with E-state index in [9.17, 15) is 14.7 Å². The molecule has 1 saturated heterocycles. The highest BCUT2D eigenvalue weighted by molar-refractivity contribution is 5.90. The number of aryl methyl sites for hydroxylation is 2. The summed E-state index contributed by atoms with van der Waals surface area (Å²) in [5, 5.41) is 13.9. The van der Waals surface area contributed by atoms with Gasteiger partial charge in [0.2, 0.25) is 11.8 Å². The molecule has 1 aliphatic heterocycles. The van der Waals surface area contributed by atoms with Crippen molar-refractivity contribution in [1.29, 1.82) is 0 Å². The third-order valence-electron chi connectivity index (χ3n) is 5.87. The van der Waals surface area contributed by atoms with Gasteiger partial charge in [-0.05, 0) is 30.5 Å². The molecule has 3 aromatic rings. The van der Waals surface area contributed by atoms with Crippen molar-refractivity contribution in [2.24, 2.45) is 0 Å². The van der Waals surface area contributed by atoms with Crippen LogP contribution >= 0.6 is 0 Å². The van der Waals surface area contributed by atoms with E-state index in [0.717, 1.165) is 16.7 Å². The van der Waals surface area contributed by atoms with Crippen molar-refractivity contribution in [3.63, 3.8) is 0 Å². The lowest BCUT2D eigenvalue weighted by molar-refractivity contribution is -0.137. The van der Waals surface area contributed by atoms with E-state index in [0.29, 0.717) is 30.2 Å². The number of Topliss-reactive ketones (excluding diaryl/α,β-unsaturated/α-hetero) is 1. The molecule has 1 N–H and O–H groups in total. The summed E-state index contributed by atoms with van der Waals surface area (Å²) in [5.74, 6) is 0.738. The molecule has 0 radical (unpaired) electrons. The Morgan fingerprint density at radius 2 is 1.94 bits per heavy atom. The second kappa shape index (κ2) is 9.95. The molecule has 8 nitrogen and oxygen atoms in total. The summed E-state index contributed by atoms with van der Waals surface area (Å²) in [6.07, 6.45) is 2.22. The molecule has 0 saturated carbocycles. The molecular weight excluding hydrogens is 422 g/mol. The van der Waals surface area contributed by atoms with Gasteiger partial charge in [-0.3, -0.25) is 9.59 Å². The fourth-order valence-corrected chi connectivity index (χ4v) is 4.11. The molecule has 1 fully saturated rings. The Morgan fingerprint density at radius 1 is 1.18 bits per heavy atom. The molecule has 8 heteroatoms. The van der Waals surface area contributed by atoms with Crippen LogP contribution in [0.5, 0.6) is 5.88 Å². The van der Waals surface area contributed by atoms with E-state index in [-0.39, 0.29) is 31.1 Å². The molecule has 172 valence electrons. The van der Waals surface area contributed by atoms with Gasteiger partial charge in [-0.1, -0.05) is 29.4 Å². The van der Waals surface area contributed by atoms with Gasteiger partial charge in [0.05, 0.1) is 31.4 Å². The Kier molecular flexibility index (Phi) is 6.84. The number of β-amino-alcohol motifs (C(OH)–C–C–N with tert-alkyl or cyclic N) is 1. The largest absolute Gasteiger partial charge is 0.481 e. The molecule has 0 bridgehead atoms. The Labute approximate surface area is 192 Å². The molecule has 0 unspecified atom stereocenters. The Morgan fingerprint density at radius 3 is 2.58 bits per heavy atom. The summed E-state index contributed by atoms with van der Waals surface area (Å²) >= 11 is 0. The van der Waals surface area contributed by atoms with Gasteiger partial charge in [0.1, 0.15) is 5.76 Å². The SMILES string of the molecule is COc1ccc(-c2ccc(CCC(=O)[C@@H]3C[C@@H](O)CN3C(=O)Cc3cc(C)no3)cc2)cn1. The van der Waals surface area contributed by atoms with E-state index >= 15 is 0 Å². The first-order valence-electron chi connectivity index (χ1n) is 10.9. The van der Waals surface area contributed by atoms with Gasteiger partial charge in [-0.25, -0.2) is 4.98 Å². The number of aromatic nitrogens is 2. The smallest absolute Gasteiger partial charge is 0.231 e. The highest BCUT2D eigenvalue weighted by atomic mass is 16.5. The molecule has 4 rings (SSSR count). The zero-order valence-corrected chi connectivity index (χ0v) is 18.7. The molecule has 2 aromatic heterocycles. The minimum atomic E-state index is -0.697. The molecule has 33 heavy (non-hydrogen) atoms. The topological polar surface area (TPSA) is 106 Å². The van der Waals surface area contributed by atoms with Crippen molar-refractivity contribution in [3.05, 3.63) is 65.7 Å². The van der Waals surface area contributed by atoms with Gasteiger partial charge < -0.3 is 19.3 Å². The van der Waals surface area contributed by atoms with Crippen molar-refractivity contribution in [2.75, 3.05) is 13.7 Å². The lowest BCUT2D eigenvalue weighted by Gasteiger charge is -2.23. The van der Waals surface area contributed by atoms with Crippen LogP contribution in [0.2, 0.25) is 0 Å². The minimum absolute atomic E-state index is 0.0268. The maximum atomic E-state index is 12.9. The molecule has 0 aliphatic carbocycles. The highest BCUT2D eigenvalue weighted by Gasteiger charge is 2.38. The first kappa shape index (κ1) is 22.7. The highest BCUT2D eigenvalue weighted by Crippen LogP contribution is 2.24. The molecular formula is C25H27N3O5. The summed E-state index contributed by atoms with van der Waals surface area (Å²) in [5.41, 5.74) is 3.73. The predicted octanol–water partition coefficient (Wildman–Crippen LogP) is 2.76. The van der Waals surface area contributed by atoms with E-state index in [2.05, 4.69) is 10.1 Å². The van der Waals surface area contributed by atoms with Gasteiger partial charge in [-0.2, -0.15) is 0 Å². The van der Waals surface area contributed by atoms with Crippen LogP contribution in [-0.4, -0.2) is 57.6 Å². The molecule has 2 atom stereocenters. The zero-order chi connectivity index (χ0) is 23.4. The van der Waals surface area contributed by atoms with Crippen LogP contribution < -0.4 is 4.74 Å². The standard InChI is InChI=1S/C25H27N3O5/c1-16-11-21(33-27-16)13-25(31)28-15-20(29)12-22(28)23(30)9-5-17-3-6-18(7-4-17)19-8-10-24(32-2)26-14-19/h3-4,6-8,10-11,14,20,22,29H,5,9,12-13,15H2,1-2H3/t20-,22+/m1/s1. The average molecular weight is 450 g/mol. The first-order valence-corrected chi connectivity index (χ1v) is 10.9. The number of carbonyl (C=O) groups excluding carboxylic acids is 2. The van der Waals surface area contributed by atoms with Crippen LogP contribution in [0.3, 0.4) is 0 Å². The van der Waals surface area contributed by atoms with Gasteiger partial charge in [0.25, 0.3) is 0 Å². The van der Waals surface area contributed by atoms with E-state index in [1.165, 1.54) is 4.90 Å². The number of amides is 1. The maximum absolute atomic E-state index is 12.9. The van der Waals surface area contributed by atoms with Crippen LogP contribution in [0, 0.1) is 6.92 Å². The number of rotatable bonds is 8. The normalized spacial score (nSPS) is 17.8. The third-order valence-corrected chi connectivity index (χ3v) is 5.87. The molecule has 0 spiro atoms. The number of pyridine rings is 1. The fourth-order valence-electron chi connectivity index (χ4n) is 4.11. The number of ether oxygens (including phenoxy) is 1. The quantitative estimate of drug-likeness (QED) is 0.564. The number of nitrogens with zero attached hydrogens (tertiary/aromatic N) is 3. The fraction of sp³-hybridized carbons (Fsp3) is 0.360. The van der Waals surface area contributed by atoms with E-state index in [1.54, 1.807) is 26.3 Å². The second-order valence-electron chi connectivity index (χ2n) is 8.32. The van der Waals surface area contributed by atoms with E-state index < -0.39 is 12.1 Å². The number of carbonyl (C=O) groups is 2. The number of ketones is 1. The monoisotopic (exact) mass is 449 g/mol. The van der Waals surface area contributed by atoms with Gasteiger partial charge in [0.15, 0.2) is 5.78 Å². The molecule has 1 amide bonds. The number of hydrogen-bond acceptors (Lipinski definition) is 7. The number of methoxy groups -OCH3 is 1. The van der Waals surface area contributed by atoms with Crippen molar-refractivity contribution in [2.45, 2.75) is 44.8 Å². The average Bonchev–Trinajstić information content (AvgIpc) is 3.43. The molecule has 1 aliphatic rings. The number of likely N-dealkylation sites (tertiary alicyclic amines) is 1. The van der Waals surface area contributed by atoms with Gasteiger partial charge in [-0.15, -0.1) is 0 Å². The lowest BCUT2D eigenvalue weighted by atomic mass is 9.99. The van der Waals surface area contributed by atoms with Gasteiger partial charge >= 0.3 is 0 Å². The predicted molar refractivity (Wildman–Crippen MR) is 121 cm³/mol. The Hall–Kier alpha value is -3.52. The second-order valence-corrected chi connectivity index (χ2v) is 8.32. The van der Waals surface area contributed by atoms with Crippen molar-refractivity contribution in [1.82, 2.24) is 15.0 Å². The van der Waals surface area contributed by atoms with Crippen LogP contribution in [-0.2, 0) is 22.4 Å². The van der Waals surface area contributed by atoms with Crippen LogP contribution in [0.4, 0.5) is 0 Å². The summed E-state index contributed by atoms with van der Waals surface area (Å²) in [4.78, 5) is 31.4. The molecule has 3 heterocycles. The minimum Gasteiger partial charge on any atom is -0.481 e. The lowest BCUT2D eigenvalue weighted by Crippen LogP contribution is -2.41. The third kappa shape index (κ3) is 5.46. The number of aliphatic hydroxyl groups excluding tert-OH is 1. The van der Waals surface area contributed by atoms with E-state index in [4.69, 9.17) is 9.26 Å². The van der Waals surface area contributed by atoms with E-state index in [1.807, 2.05) is 36.4 Å². The number of hydrogen-bond donors (Lipinski definition) is 1. The summed E-state index contributed by atoms with van der Waals surface area (Å²) in [6, 6.07) is 12.8. The Bertz CT molecular complexity index is 1110. The Balaban J connectivity index is 1.35. The van der Waals surface area contributed by atoms with Crippen molar-refractivity contribution >= 4 is 11.7 Å². The summed E-state index contributed by atoms with van der Waals surface area (Å²) in [6.45, 7) is 1.94. The zero-order valence-electron chi connectivity index (χ0n) is 18.7. The maximum Gasteiger partial charge on any atom is 0.231 e. The molecule has 1 aromatic carbocycles. The number of aliphatic hydroxyl groups is 1. The van der Waals surface area contributed by atoms with Gasteiger partial charge in [0, 0.05) is 43.3 Å². The van der Waals surface area contributed by atoms with Crippen molar-refractivity contribution in [3.8, 4) is 17.0 Å². The van der Waals surface area contributed by atoms with Crippen LogP contribution in [0.1, 0.15) is 29.9 Å². The van der Waals surface area contributed by atoms with Crippen molar-refractivity contribution < 1.29 is 24.0 Å². The summed E-state index contributed by atoms with van der Waals surface area (Å²) < 4.78 is 10.2. The number of benzene rings is 1.